The van der Waals surface area contributed by atoms with Crippen molar-refractivity contribution in [1.82, 2.24) is 0 Å². The molecule has 4 heteroatoms. The molecule has 0 radical (unpaired) electrons. The van der Waals surface area contributed by atoms with Gasteiger partial charge in [-0.25, -0.2) is 8.42 Å². The fourth-order valence-corrected chi connectivity index (χ4v) is 4.33. The van der Waals surface area contributed by atoms with E-state index >= 15 is 0 Å². The molecule has 1 aliphatic rings. The molecule has 0 aliphatic heterocycles. The van der Waals surface area contributed by atoms with Crippen molar-refractivity contribution in [3.8, 4) is 0 Å². The molecule has 1 aliphatic carbocycles. The van der Waals surface area contributed by atoms with Crippen LogP contribution in [0.25, 0.3) is 0 Å². The fraction of sp³-hybridized carbons (Fsp3) is 0.250. The van der Waals surface area contributed by atoms with Crippen LogP contribution < -0.4 is 0 Å². The molecule has 0 unspecified atom stereocenters. The number of fused-ring (bicyclic) bond motifs is 1. The van der Waals surface area contributed by atoms with Crippen molar-refractivity contribution in [2.75, 3.05) is 0 Å². The molecule has 0 saturated heterocycles. The highest BCUT2D eigenvalue weighted by Crippen LogP contribution is 2.36. The first-order valence-electron chi connectivity index (χ1n) is 6.66. The Labute approximate surface area is 124 Å². The maximum Gasteiger partial charge on any atom is 0.206 e. The smallest absolute Gasteiger partial charge is 0.206 e. The van der Waals surface area contributed by atoms with Crippen LogP contribution in [0.2, 0.25) is 0 Å². The molecule has 2 aromatic carbocycles. The molecule has 0 heterocycles. The van der Waals surface area contributed by atoms with Crippen LogP contribution in [0, 0.1) is 0 Å². The largest absolute Gasteiger partial charge is 0.219 e. The van der Waals surface area contributed by atoms with E-state index in [1.165, 1.54) is 0 Å². The van der Waals surface area contributed by atoms with Crippen LogP contribution in [0.5, 0.6) is 0 Å². The first-order valence-corrected chi connectivity index (χ1v) is 8.58. The predicted molar refractivity (Wildman–Crippen MR) is 79.9 cm³/mol. The van der Waals surface area contributed by atoms with Crippen molar-refractivity contribution in [2.45, 2.75) is 34.4 Å². The average molecular weight is 307 g/mol. The molecule has 104 valence electrons. The van der Waals surface area contributed by atoms with Gasteiger partial charge in [0.2, 0.25) is 9.84 Å². The lowest BCUT2D eigenvalue weighted by Gasteiger charge is -2.21. The second-order valence-electron chi connectivity index (χ2n) is 5.04. The fourth-order valence-electron chi connectivity index (χ4n) is 2.63. The van der Waals surface area contributed by atoms with Crippen LogP contribution in [0.1, 0.15) is 29.3 Å². The van der Waals surface area contributed by atoms with Gasteiger partial charge in [-0.1, -0.05) is 24.3 Å². The molecule has 0 fully saturated rings. The summed E-state index contributed by atoms with van der Waals surface area (Å²) in [6.45, 7) is 0. The summed E-state index contributed by atoms with van der Waals surface area (Å²) in [7, 11) is -3.43. The lowest BCUT2D eigenvalue weighted by molar-refractivity contribution is 0.595. The normalized spacial score (nSPS) is 18.6. The van der Waals surface area contributed by atoms with Gasteiger partial charge in [0.1, 0.15) is 0 Å². The first-order chi connectivity index (χ1) is 9.59. The SMILES string of the molecule is O=S(=O)(c1ccccc1)c1ccc2c(c1)CCC[C@@H]2Cl. The topological polar surface area (TPSA) is 34.1 Å². The number of alkyl halides is 1. The zero-order valence-electron chi connectivity index (χ0n) is 10.9. The van der Waals surface area contributed by atoms with Crippen molar-refractivity contribution in [2.24, 2.45) is 0 Å². The highest BCUT2D eigenvalue weighted by molar-refractivity contribution is 7.91. The lowest BCUT2D eigenvalue weighted by Crippen LogP contribution is -2.08. The molecular weight excluding hydrogens is 292 g/mol. The molecule has 20 heavy (non-hydrogen) atoms. The number of hydrogen-bond donors (Lipinski definition) is 0. The van der Waals surface area contributed by atoms with Gasteiger partial charge in [0.25, 0.3) is 0 Å². The number of benzene rings is 2. The summed E-state index contributed by atoms with van der Waals surface area (Å²) in [5.74, 6) is 0. The number of sulfone groups is 1. The Morgan fingerprint density at radius 2 is 1.75 bits per heavy atom. The van der Waals surface area contributed by atoms with Crippen LogP contribution in [0.4, 0.5) is 0 Å². The Hall–Kier alpha value is -1.32. The third-order valence-electron chi connectivity index (χ3n) is 3.72. The highest BCUT2D eigenvalue weighted by atomic mass is 35.5. The van der Waals surface area contributed by atoms with Gasteiger partial charge in [0, 0.05) is 0 Å². The average Bonchev–Trinajstić information content (AvgIpc) is 2.48. The van der Waals surface area contributed by atoms with Gasteiger partial charge < -0.3 is 0 Å². The molecule has 2 nitrogen and oxygen atoms in total. The van der Waals surface area contributed by atoms with E-state index < -0.39 is 9.84 Å². The number of hydrogen-bond acceptors (Lipinski definition) is 2. The molecule has 0 spiro atoms. The molecule has 2 aromatic rings. The van der Waals surface area contributed by atoms with E-state index in [1.807, 2.05) is 12.1 Å². The number of aryl methyl sites for hydroxylation is 1. The van der Waals surface area contributed by atoms with Gasteiger partial charge in [0.05, 0.1) is 15.2 Å². The summed E-state index contributed by atoms with van der Waals surface area (Å²) in [6.07, 6.45) is 2.87. The second-order valence-corrected chi connectivity index (χ2v) is 7.51. The monoisotopic (exact) mass is 306 g/mol. The van der Waals surface area contributed by atoms with E-state index in [1.54, 1.807) is 36.4 Å². The Morgan fingerprint density at radius 1 is 1.00 bits per heavy atom. The summed E-state index contributed by atoms with van der Waals surface area (Å²) in [5.41, 5.74) is 2.14. The van der Waals surface area contributed by atoms with Crippen molar-refractivity contribution >= 4 is 21.4 Å². The van der Waals surface area contributed by atoms with E-state index in [0.29, 0.717) is 9.79 Å². The van der Waals surface area contributed by atoms with Gasteiger partial charge in [0.15, 0.2) is 0 Å². The van der Waals surface area contributed by atoms with Crippen molar-refractivity contribution in [1.29, 1.82) is 0 Å². The van der Waals surface area contributed by atoms with Crippen LogP contribution >= 0.6 is 11.6 Å². The highest BCUT2D eigenvalue weighted by Gasteiger charge is 2.22. The Kier molecular flexibility index (Phi) is 3.57. The lowest BCUT2D eigenvalue weighted by atomic mass is 9.91. The summed E-state index contributed by atoms with van der Waals surface area (Å²) in [6, 6.07) is 13.8. The zero-order valence-corrected chi connectivity index (χ0v) is 12.5. The predicted octanol–water partition coefficient (Wildman–Crippen LogP) is 4.14. The molecule has 3 rings (SSSR count). The summed E-state index contributed by atoms with van der Waals surface area (Å²) in [4.78, 5) is 0.686. The zero-order chi connectivity index (χ0) is 14.2. The summed E-state index contributed by atoms with van der Waals surface area (Å²) >= 11 is 6.28. The van der Waals surface area contributed by atoms with Gasteiger partial charge in [-0.2, -0.15) is 0 Å². The minimum absolute atomic E-state index is 0.00669. The summed E-state index contributed by atoms with van der Waals surface area (Å²) in [5, 5.41) is 0.00669. The summed E-state index contributed by atoms with van der Waals surface area (Å²) < 4.78 is 25.1. The molecule has 0 saturated carbocycles. The number of halogens is 1. The third kappa shape index (κ3) is 2.36. The van der Waals surface area contributed by atoms with Crippen LogP contribution in [0.15, 0.2) is 58.3 Å². The minimum Gasteiger partial charge on any atom is -0.219 e. The van der Waals surface area contributed by atoms with E-state index in [9.17, 15) is 8.42 Å². The molecule has 1 atom stereocenters. The van der Waals surface area contributed by atoms with Gasteiger partial charge in [-0.15, -0.1) is 11.6 Å². The van der Waals surface area contributed by atoms with E-state index in [0.717, 1.165) is 30.4 Å². The maximum atomic E-state index is 12.6. The molecule has 0 aromatic heterocycles. The van der Waals surface area contributed by atoms with E-state index in [4.69, 9.17) is 11.6 Å². The molecule has 0 N–H and O–H groups in total. The van der Waals surface area contributed by atoms with Crippen LogP contribution in [0.3, 0.4) is 0 Å². The third-order valence-corrected chi connectivity index (χ3v) is 5.94. The van der Waals surface area contributed by atoms with Gasteiger partial charge in [-0.05, 0) is 54.7 Å². The minimum atomic E-state index is -3.43. The van der Waals surface area contributed by atoms with Crippen LogP contribution in [-0.2, 0) is 16.3 Å². The Bertz CT molecular complexity index is 723. The maximum absolute atomic E-state index is 12.6. The Morgan fingerprint density at radius 3 is 2.50 bits per heavy atom. The first kappa shape index (κ1) is 13.7. The molecule has 0 bridgehead atoms. The van der Waals surface area contributed by atoms with E-state index in [2.05, 4.69) is 0 Å². The van der Waals surface area contributed by atoms with Crippen molar-refractivity contribution < 1.29 is 8.42 Å². The van der Waals surface area contributed by atoms with E-state index in [-0.39, 0.29) is 5.38 Å². The van der Waals surface area contributed by atoms with Crippen LogP contribution in [-0.4, -0.2) is 8.42 Å². The van der Waals surface area contributed by atoms with Crippen molar-refractivity contribution in [3.63, 3.8) is 0 Å². The number of rotatable bonds is 2. The Balaban J connectivity index is 2.08. The standard InChI is InChI=1S/C16H15ClO2S/c17-16-8-4-5-12-11-14(9-10-15(12)16)20(18,19)13-6-2-1-3-7-13/h1-3,6-7,9-11,16H,4-5,8H2/t16-/m0/s1. The van der Waals surface area contributed by atoms with Gasteiger partial charge in [-0.3, -0.25) is 0 Å². The molecule has 0 amide bonds. The van der Waals surface area contributed by atoms with Gasteiger partial charge >= 0.3 is 0 Å². The molecular formula is C16H15ClO2S. The van der Waals surface area contributed by atoms with Crippen molar-refractivity contribution in [3.05, 3.63) is 59.7 Å². The second kappa shape index (κ2) is 5.23. The quantitative estimate of drug-likeness (QED) is 0.782.